The first kappa shape index (κ1) is 20.5. The first-order valence-electron chi connectivity index (χ1n) is 8.98. The molecule has 0 radical (unpaired) electrons. The van der Waals surface area contributed by atoms with Crippen molar-refractivity contribution in [2.45, 2.75) is 32.6 Å². The maximum Gasteiger partial charge on any atom is 0.421 e. The number of nitrogens with zero attached hydrogens (tertiary/aromatic N) is 4. The fourth-order valence-electron chi connectivity index (χ4n) is 3.09. The molecular formula is C18H21F3N4O2S. The van der Waals surface area contributed by atoms with E-state index in [2.05, 4.69) is 16.8 Å². The summed E-state index contributed by atoms with van der Waals surface area (Å²) >= 11 is 1.63. The predicted molar refractivity (Wildman–Crippen MR) is 99.1 cm³/mol. The zero-order valence-corrected chi connectivity index (χ0v) is 16.2. The van der Waals surface area contributed by atoms with Crippen molar-refractivity contribution < 1.29 is 18.0 Å². The van der Waals surface area contributed by atoms with Gasteiger partial charge >= 0.3 is 6.18 Å². The van der Waals surface area contributed by atoms with Crippen LogP contribution in [0.4, 0.5) is 13.2 Å². The van der Waals surface area contributed by atoms with Gasteiger partial charge in [-0.05, 0) is 18.6 Å². The van der Waals surface area contributed by atoms with Crippen LogP contribution in [0.5, 0.6) is 0 Å². The van der Waals surface area contributed by atoms with Crippen LogP contribution in [0.1, 0.15) is 23.2 Å². The third-order valence-corrected chi connectivity index (χ3v) is 5.69. The van der Waals surface area contributed by atoms with Crippen LogP contribution >= 0.6 is 11.3 Å². The Morgan fingerprint density at radius 1 is 1.25 bits per heavy atom. The number of amides is 1. The van der Waals surface area contributed by atoms with Gasteiger partial charge in [-0.25, -0.2) is 4.98 Å². The van der Waals surface area contributed by atoms with Crippen molar-refractivity contribution in [3.63, 3.8) is 0 Å². The van der Waals surface area contributed by atoms with Crippen molar-refractivity contribution in [1.82, 2.24) is 19.4 Å². The summed E-state index contributed by atoms with van der Waals surface area (Å²) in [5.41, 5.74) is -1.45. The van der Waals surface area contributed by atoms with E-state index in [0.29, 0.717) is 32.7 Å². The van der Waals surface area contributed by atoms with E-state index < -0.39 is 23.8 Å². The Morgan fingerprint density at radius 2 is 1.96 bits per heavy atom. The van der Waals surface area contributed by atoms with Gasteiger partial charge in [0.1, 0.15) is 12.1 Å². The lowest BCUT2D eigenvalue weighted by molar-refractivity contribution is -0.140. The second-order valence-electron chi connectivity index (χ2n) is 6.60. The first-order valence-corrected chi connectivity index (χ1v) is 9.86. The molecule has 28 heavy (non-hydrogen) atoms. The number of halogens is 3. The lowest BCUT2D eigenvalue weighted by atomic mass is 10.2. The summed E-state index contributed by atoms with van der Waals surface area (Å²) < 4.78 is 39.4. The van der Waals surface area contributed by atoms with Crippen LogP contribution in [0, 0.1) is 0 Å². The van der Waals surface area contributed by atoms with E-state index in [1.807, 2.05) is 5.38 Å². The quantitative estimate of drug-likeness (QED) is 0.753. The molecule has 0 bridgehead atoms. The minimum Gasteiger partial charge on any atom is -0.339 e. The van der Waals surface area contributed by atoms with Crippen molar-refractivity contribution in [3.05, 3.63) is 50.3 Å². The Balaban J connectivity index is 1.56. The number of hydrogen-bond acceptors (Lipinski definition) is 5. The van der Waals surface area contributed by atoms with Crippen LogP contribution in [0.25, 0.3) is 0 Å². The van der Waals surface area contributed by atoms with Crippen molar-refractivity contribution in [3.8, 4) is 0 Å². The number of carbonyl (C=O) groups excluding carboxylic acids is 1. The number of piperazine rings is 1. The van der Waals surface area contributed by atoms with Crippen LogP contribution in [-0.2, 0) is 30.5 Å². The van der Waals surface area contributed by atoms with E-state index in [-0.39, 0.29) is 5.91 Å². The summed E-state index contributed by atoms with van der Waals surface area (Å²) in [6.45, 7) is 4.63. The van der Waals surface area contributed by atoms with Crippen molar-refractivity contribution in [1.29, 1.82) is 0 Å². The third-order valence-electron chi connectivity index (χ3n) is 4.64. The molecule has 1 saturated heterocycles. The Kier molecular flexibility index (Phi) is 6.19. The minimum absolute atomic E-state index is 0.358. The molecule has 0 spiro atoms. The molecule has 0 aromatic carbocycles. The molecule has 0 unspecified atom stereocenters. The molecule has 1 amide bonds. The molecule has 6 nitrogen and oxygen atoms in total. The zero-order chi connectivity index (χ0) is 20.3. The molecule has 10 heteroatoms. The lowest BCUT2D eigenvalue weighted by Gasteiger charge is -2.34. The smallest absolute Gasteiger partial charge is 0.339 e. The van der Waals surface area contributed by atoms with Gasteiger partial charge in [0, 0.05) is 44.3 Å². The summed E-state index contributed by atoms with van der Waals surface area (Å²) in [5, 5.41) is 3.13. The summed E-state index contributed by atoms with van der Waals surface area (Å²) in [6, 6.07) is 1.86. The summed E-state index contributed by atoms with van der Waals surface area (Å²) in [6.07, 6.45) is -2.62. The highest BCUT2D eigenvalue weighted by molar-refractivity contribution is 7.09. The molecule has 1 aliphatic rings. The van der Waals surface area contributed by atoms with Gasteiger partial charge < -0.3 is 9.47 Å². The first-order chi connectivity index (χ1) is 13.3. The van der Waals surface area contributed by atoms with Gasteiger partial charge in [-0.1, -0.05) is 6.92 Å². The third kappa shape index (κ3) is 4.79. The number of aromatic nitrogens is 2. The summed E-state index contributed by atoms with van der Waals surface area (Å²) in [5.74, 6) is -0.358. The molecule has 1 fully saturated rings. The number of rotatable bonds is 5. The van der Waals surface area contributed by atoms with Gasteiger partial charge in [-0.3, -0.25) is 14.5 Å². The van der Waals surface area contributed by atoms with Crippen molar-refractivity contribution in [2.75, 3.05) is 26.2 Å². The molecule has 2 aromatic rings. The van der Waals surface area contributed by atoms with E-state index in [1.54, 1.807) is 16.2 Å². The zero-order valence-electron chi connectivity index (χ0n) is 15.4. The Labute approximate surface area is 164 Å². The molecule has 152 valence electrons. The van der Waals surface area contributed by atoms with E-state index in [4.69, 9.17) is 0 Å². The van der Waals surface area contributed by atoms with Gasteiger partial charge in [0.25, 0.3) is 5.56 Å². The van der Waals surface area contributed by atoms with Crippen LogP contribution in [0.2, 0.25) is 0 Å². The van der Waals surface area contributed by atoms with Crippen LogP contribution in [0.15, 0.2) is 28.5 Å². The average molecular weight is 414 g/mol. The molecule has 2 aromatic heterocycles. The van der Waals surface area contributed by atoms with Crippen molar-refractivity contribution >= 4 is 17.2 Å². The van der Waals surface area contributed by atoms with Gasteiger partial charge in [0.05, 0.1) is 10.7 Å². The van der Waals surface area contributed by atoms with Crippen LogP contribution < -0.4 is 5.56 Å². The highest BCUT2D eigenvalue weighted by Gasteiger charge is 2.34. The van der Waals surface area contributed by atoms with Gasteiger partial charge in [0.15, 0.2) is 0 Å². The Bertz CT molecular complexity index is 885. The number of carbonyl (C=O) groups is 1. The fourth-order valence-corrected chi connectivity index (χ4v) is 3.83. The van der Waals surface area contributed by atoms with E-state index >= 15 is 0 Å². The van der Waals surface area contributed by atoms with Crippen molar-refractivity contribution in [2.24, 2.45) is 0 Å². The molecular weight excluding hydrogens is 393 g/mol. The van der Waals surface area contributed by atoms with Gasteiger partial charge in [-0.15, -0.1) is 11.3 Å². The van der Waals surface area contributed by atoms with E-state index in [1.165, 1.54) is 6.20 Å². The van der Waals surface area contributed by atoms with Gasteiger partial charge in [0.2, 0.25) is 5.91 Å². The standard InChI is InChI=1S/C18H21F3N4O2S/c1-2-15-22-13(12-28-15)10-23-6-8-24(9-7-23)16(26)11-25-5-3-4-14(17(25)27)18(19,20)21/h3-5,12H,2,6-11H2,1H3. The Morgan fingerprint density at radius 3 is 2.57 bits per heavy atom. The number of aryl methyl sites for hydroxylation is 1. The predicted octanol–water partition coefficient (Wildman–Crippen LogP) is 2.23. The van der Waals surface area contributed by atoms with E-state index in [9.17, 15) is 22.8 Å². The maximum atomic E-state index is 12.8. The summed E-state index contributed by atoms with van der Waals surface area (Å²) in [7, 11) is 0. The minimum atomic E-state index is -4.73. The topological polar surface area (TPSA) is 58.4 Å². The Hall–Kier alpha value is -2.20. The molecule has 3 rings (SSSR count). The number of alkyl halides is 3. The highest BCUT2D eigenvalue weighted by Crippen LogP contribution is 2.26. The largest absolute Gasteiger partial charge is 0.421 e. The maximum absolute atomic E-state index is 12.8. The average Bonchev–Trinajstić information content (AvgIpc) is 3.10. The molecule has 0 aliphatic carbocycles. The number of pyridine rings is 1. The molecule has 1 aliphatic heterocycles. The molecule has 0 saturated carbocycles. The fraction of sp³-hybridized carbons (Fsp3) is 0.500. The van der Waals surface area contributed by atoms with Gasteiger partial charge in [-0.2, -0.15) is 13.2 Å². The van der Waals surface area contributed by atoms with Crippen LogP contribution in [0.3, 0.4) is 0 Å². The lowest BCUT2D eigenvalue weighted by Crippen LogP contribution is -2.49. The second-order valence-corrected chi connectivity index (χ2v) is 7.54. The highest BCUT2D eigenvalue weighted by atomic mass is 32.1. The van der Waals surface area contributed by atoms with Crippen LogP contribution in [-0.4, -0.2) is 51.4 Å². The molecule has 0 atom stereocenters. The monoisotopic (exact) mass is 414 g/mol. The normalized spacial score (nSPS) is 15.8. The summed E-state index contributed by atoms with van der Waals surface area (Å²) in [4.78, 5) is 32.7. The number of hydrogen-bond donors (Lipinski definition) is 0. The second kappa shape index (κ2) is 8.44. The SMILES string of the molecule is CCc1nc(CN2CCN(C(=O)Cn3cccc(C(F)(F)F)c3=O)CC2)cs1. The van der Waals surface area contributed by atoms with E-state index in [0.717, 1.165) is 33.8 Å². The molecule has 0 N–H and O–H groups in total. The number of thiazole rings is 1. The molecule has 3 heterocycles.